The topological polar surface area (TPSA) is 122 Å². The van der Waals surface area contributed by atoms with E-state index in [0.29, 0.717) is 17.9 Å². The van der Waals surface area contributed by atoms with Crippen LogP contribution in [0.4, 0.5) is 11.4 Å². The van der Waals surface area contributed by atoms with Crippen LogP contribution in [0.3, 0.4) is 0 Å². The standard InChI is InChI=1S/C20H21N3O5/c1-12-2-8-15(9-3-12)23-10-11-28-17(20(23)27)16(24)19(26)22-14-6-4-13(5-7-14)18(21)25/h2-9,16-17,24H,10-11H2,1H3,(H2,21,25)(H,22,26)/t16-,17-/m1/s1. The van der Waals surface area contributed by atoms with Crippen LogP contribution in [0.15, 0.2) is 48.5 Å². The van der Waals surface area contributed by atoms with E-state index < -0.39 is 29.9 Å². The minimum absolute atomic E-state index is 0.196. The lowest BCUT2D eigenvalue weighted by molar-refractivity contribution is -0.150. The lowest BCUT2D eigenvalue weighted by Gasteiger charge is -2.34. The molecule has 0 aromatic heterocycles. The summed E-state index contributed by atoms with van der Waals surface area (Å²) < 4.78 is 5.37. The van der Waals surface area contributed by atoms with Crippen LogP contribution in [0.1, 0.15) is 15.9 Å². The number of ether oxygens (including phenoxy) is 1. The van der Waals surface area contributed by atoms with Crippen LogP contribution in [0.5, 0.6) is 0 Å². The number of rotatable bonds is 5. The molecule has 8 nitrogen and oxygen atoms in total. The second kappa shape index (κ2) is 8.20. The summed E-state index contributed by atoms with van der Waals surface area (Å²) in [7, 11) is 0. The Morgan fingerprint density at radius 1 is 1.18 bits per heavy atom. The number of nitrogens with zero attached hydrogens (tertiary/aromatic N) is 1. The molecular weight excluding hydrogens is 362 g/mol. The van der Waals surface area contributed by atoms with Gasteiger partial charge in [0.2, 0.25) is 5.91 Å². The van der Waals surface area contributed by atoms with Crippen molar-refractivity contribution in [3.8, 4) is 0 Å². The first-order valence-electron chi connectivity index (χ1n) is 8.75. The minimum Gasteiger partial charge on any atom is -0.380 e. The van der Waals surface area contributed by atoms with E-state index in [1.807, 2.05) is 31.2 Å². The van der Waals surface area contributed by atoms with Gasteiger partial charge in [-0.2, -0.15) is 0 Å². The monoisotopic (exact) mass is 383 g/mol. The fraction of sp³-hybridized carbons (Fsp3) is 0.250. The van der Waals surface area contributed by atoms with E-state index in [4.69, 9.17) is 10.5 Å². The molecule has 146 valence electrons. The Morgan fingerprint density at radius 2 is 1.82 bits per heavy atom. The summed E-state index contributed by atoms with van der Waals surface area (Å²) in [6.45, 7) is 2.47. The van der Waals surface area contributed by atoms with E-state index in [1.54, 1.807) is 0 Å². The normalized spacial score (nSPS) is 17.9. The molecule has 0 aliphatic carbocycles. The van der Waals surface area contributed by atoms with E-state index in [2.05, 4.69) is 5.32 Å². The zero-order valence-electron chi connectivity index (χ0n) is 15.3. The van der Waals surface area contributed by atoms with Crippen molar-refractivity contribution >= 4 is 29.1 Å². The van der Waals surface area contributed by atoms with Gasteiger partial charge in [0.25, 0.3) is 11.8 Å². The number of nitrogens with one attached hydrogen (secondary N) is 1. The van der Waals surface area contributed by atoms with Crippen LogP contribution in [-0.2, 0) is 14.3 Å². The minimum atomic E-state index is -1.68. The number of nitrogens with two attached hydrogens (primary N) is 1. The van der Waals surface area contributed by atoms with E-state index in [0.717, 1.165) is 5.56 Å². The van der Waals surface area contributed by atoms with Gasteiger partial charge in [-0.1, -0.05) is 17.7 Å². The molecule has 0 radical (unpaired) electrons. The molecule has 3 amide bonds. The highest BCUT2D eigenvalue weighted by molar-refractivity contribution is 6.04. The highest BCUT2D eigenvalue weighted by Crippen LogP contribution is 2.21. The molecule has 2 aromatic rings. The third kappa shape index (κ3) is 4.19. The molecular formula is C20H21N3O5. The van der Waals surface area contributed by atoms with Gasteiger partial charge in [-0.25, -0.2) is 0 Å². The average molecular weight is 383 g/mol. The summed E-state index contributed by atoms with van der Waals surface area (Å²) >= 11 is 0. The lowest BCUT2D eigenvalue weighted by Crippen LogP contribution is -2.55. The van der Waals surface area contributed by atoms with Crippen LogP contribution >= 0.6 is 0 Å². The van der Waals surface area contributed by atoms with Crippen LogP contribution in [-0.4, -0.2) is 48.2 Å². The molecule has 0 unspecified atom stereocenters. The molecule has 8 heteroatoms. The van der Waals surface area contributed by atoms with Crippen LogP contribution in [0.2, 0.25) is 0 Å². The second-order valence-electron chi connectivity index (χ2n) is 6.49. The Hall–Kier alpha value is -3.23. The Morgan fingerprint density at radius 3 is 2.43 bits per heavy atom. The van der Waals surface area contributed by atoms with Gasteiger partial charge in [-0.05, 0) is 43.3 Å². The number of aliphatic hydroxyl groups excluding tert-OH is 1. The number of carbonyl (C=O) groups excluding carboxylic acids is 3. The molecule has 0 saturated carbocycles. The first-order chi connectivity index (χ1) is 13.4. The third-order valence-corrected chi connectivity index (χ3v) is 4.46. The number of primary amides is 1. The zero-order valence-corrected chi connectivity index (χ0v) is 15.3. The van der Waals surface area contributed by atoms with E-state index in [1.165, 1.54) is 29.2 Å². The van der Waals surface area contributed by atoms with Gasteiger partial charge in [0, 0.05) is 23.5 Å². The molecule has 1 aliphatic rings. The molecule has 3 rings (SSSR count). The van der Waals surface area contributed by atoms with E-state index >= 15 is 0 Å². The lowest BCUT2D eigenvalue weighted by atomic mass is 10.1. The van der Waals surface area contributed by atoms with Gasteiger partial charge in [-0.15, -0.1) is 0 Å². The summed E-state index contributed by atoms with van der Waals surface area (Å²) in [5, 5.41) is 12.9. The molecule has 1 heterocycles. The second-order valence-corrected chi connectivity index (χ2v) is 6.49. The Kier molecular flexibility index (Phi) is 5.72. The predicted molar refractivity (Wildman–Crippen MR) is 103 cm³/mol. The summed E-state index contributed by atoms with van der Waals surface area (Å²) in [6, 6.07) is 13.2. The number of aliphatic hydroxyl groups is 1. The number of hydrogen-bond donors (Lipinski definition) is 3. The van der Waals surface area contributed by atoms with Crippen molar-refractivity contribution in [2.45, 2.75) is 19.1 Å². The van der Waals surface area contributed by atoms with Crippen LogP contribution in [0.25, 0.3) is 0 Å². The number of amides is 3. The molecule has 1 fully saturated rings. The third-order valence-electron chi connectivity index (χ3n) is 4.46. The number of hydrogen-bond acceptors (Lipinski definition) is 5. The van der Waals surface area contributed by atoms with Gasteiger partial charge in [0.1, 0.15) is 0 Å². The highest BCUT2D eigenvalue weighted by atomic mass is 16.5. The summed E-state index contributed by atoms with van der Waals surface area (Å²) in [5.41, 5.74) is 7.55. The Balaban J connectivity index is 1.69. The smallest absolute Gasteiger partial charge is 0.259 e. The van der Waals surface area contributed by atoms with E-state index in [9.17, 15) is 19.5 Å². The molecule has 1 aliphatic heterocycles. The van der Waals surface area contributed by atoms with Crippen molar-refractivity contribution in [2.24, 2.45) is 5.73 Å². The molecule has 0 spiro atoms. The number of aryl methyl sites for hydroxylation is 1. The first-order valence-corrected chi connectivity index (χ1v) is 8.75. The first kappa shape index (κ1) is 19.5. The number of morpholine rings is 1. The summed E-state index contributed by atoms with van der Waals surface area (Å²) in [4.78, 5) is 37.7. The van der Waals surface area contributed by atoms with Crippen molar-refractivity contribution in [1.82, 2.24) is 0 Å². The average Bonchev–Trinajstić information content (AvgIpc) is 2.69. The van der Waals surface area contributed by atoms with Gasteiger partial charge in [-0.3, -0.25) is 14.4 Å². The quantitative estimate of drug-likeness (QED) is 0.706. The van der Waals surface area contributed by atoms with Crippen LogP contribution in [0, 0.1) is 6.92 Å². The molecule has 28 heavy (non-hydrogen) atoms. The van der Waals surface area contributed by atoms with Gasteiger partial charge in [0.15, 0.2) is 12.2 Å². The molecule has 1 saturated heterocycles. The van der Waals surface area contributed by atoms with Crippen LogP contribution < -0.4 is 16.0 Å². The Labute approximate surface area is 161 Å². The number of anilines is 2. The molecule has 0 bridgehead atoms. The fourth-order valence-corrected chi connectivity index (χ4v) is 2.88. The molecule has 4 N–H and O–H groups in total. The SMILES string of the molecule is Cc1ccc(N2CCO[C@H]([C@@H](O)C(=O)Nc3ccc(C(N)=O)cc3)C2=O)cc1. The molecule has 2 atom stereocenters. The number of carbonyl (C=O) groups is 3. The van der Waals surface area contributed by atoms with Crippen molar-refractivity contribution < 1.29 is 24.2 Å². The maximum Gasteiger partial charge on any atom is 0.259 e. The predicted octanol–water partition coefficient (Wildman–Crippen LogP) is 0.825. The zero-order chi connectivity index (χ0) is 20.3. The largest absolute Gasteiger partial charge is 0.380 e. The highest BCUT2D eigenvalue weighted by Gasteiger charge is 2.39. The maximum absolute atomic E-state index is 12.7. The Bertz CT molecular complexity index is 880. The molecule has 2 aromatic carbocycles. The van der Waals surface area contributed by atoms with Crippen molar-refractivity contribution in [2.75, 3.05) is 23.4 Å². The van der Waals surface area contributed by atoms with Crippen molar-refractivity contribution in [3.63, 3.8) is 0 Å². The van der Waals surface area contributed by atoms with Crippen molar-refractivity contribution in [3.05, 3.63) is 59.7 Å². The van der Waals surface area contributed by atoms with Gasteiger partial charge >= 0.3 is 0 Å². The maximum atomic E-state index is 12.7. The summed E-state index contributed by atoms with van der Waals surface area (Å²) in [6.07, 6.45) is -2.99. The van der Waals surface area contributed by atoms with E-state index in [-0.39, 0.29) is 12.2 Å². The fourth-order valence-electron chi connectivity index (χ4n) is 2.88. The van der Waals surface area contributed by atoms with Gasteiger partial charge < -0.3 is 25.8 Å². The van der Waals surface area contributed by atoms with Gasteiger partial charge in [0.05, 0.1) is 6.61 Å². The summed E-state index contributed by atoms with van der Waals surface area (Å²) in [5.74, 6) is -1.85. The number of benzene rings is 2. The van der Waals surface area contributed by atoms with Crippen molar-refractivity contribution in [1.29, 1.82) is 0 Å².